The predicted octanol–water partition coefficient (Wildman–Crippen LogP) is 2.49. The van der Waals surface area contributed by atoms with Crippen LogP contribution in [0.15, 0.2) is 18.2 Å². The molecule has 0 saturated carbocycles. The number of halogens is 1. The van der Waals surface area contributed by atoms with Crippen LogP contribution in [0.5, 0.6) is 5.75 Å². The number of carbonyl (C=O) groups is 1. The lowest BCUT2D eigenvalue weighted by atomic mass is 10.2. The zero-order valence-corrected chi connectivity index (χ0v) is 10.4. The number of nitrogens with one attached hydrogen (secondary N) is 1. The van der Waals surface area contributed by atoms with Gasteiger partial charge < -0.3 is 10.1 Å². The van der Waals surface area contributed by atoms with Crippen LogP contribution in [0.4, 0.5) is 0 Å². The number of amides is 1. The molecule has 0 radical (unpaired) electrons. The Hall–Kier alpha value is -1.66. The van der Waals surface area contributed by atoms with Gasteiger partial charge in [0.1, 0.15) is 5.75 Å². The van der Waals surface area contributed by atoms with Crippen LogP contribution in [-0.2, 0) is 0 Å². The van der Waals surface area contributed by atoms with E-state index in [-0.39, 0.29) is 5.91 Å². The van der Waals surface area contributed by atoms with Crippen molar-refractivity contribution in [1.29, 1.82) is 0 Å². The fourth-order valence-corrected chi connectivity index (χ4v) is 1.52. The van der Waals surface area contributed by atoms with Crippen LogP contribution in [0, 0.1) is 12.3 Å². The Morgan fingerprint density at radius 1 is 1.59 bits per heavy atom. The minimum absolute atomic E-state index is 0.207. The highest BCUT2D eigenvalue weighted by Crippen LogP contribution is 2.22. The normalized spacial score (nSPS) is 9.47. The number of benzene rings is 1. The van der Waals surface area contributed by atoms with Crippen molar-refractivity contribution in [3.63, 3.8) is 0 Å². The molecule has 0 atom stereocenters. The Labute approximate surface area is 106 Å². The second-order valence-electron chi connectivity index (χ2n) is 3.41. The van der Waals surface area contributed by atoms with E-state index in [9.17, 15) is 4.79 Å². The van der Waals surface area contributed by atoms with E-state index in [1.807, 2.05) is 0 Å². The van der Waals surface area contributed by atoms with Gasteiger partial charge in [-0.2, -0.15) is 0 Å². The Bertz CT molecular complexity index is 438. The van der Waals surface area contributed by atoms with Crippen LogP contribution in [0.25, 0.3) is 0 Å². The van der Waals surface area contributed by atoms with Crippen LogP contribution in [-0.4, -0.2) is 19.6 Å². The van der Waals surface area contributed by atoms with Gasteiger partial charge in [0.2, 0.25) is 0 Å². The molecule has 1 N–H and O–H groups in total. The largest absolute Gasteiger partial charge is 0.496 e. The molecule has 17 heavy (non-hydrogen) atoms. The third-order valence-corrected chi connectivity index (χ3v) is 2.42. The molecule has 0 heterocycles. The topological polar surface area (TPSA) is 38.3 Å². The molecule has 0 spiro atoms. The second kappa shape index (κ2) is 6.82. The first-order valence-corrected chi connectivity index (χ1v) is 5.62. The van der Waals surface area contributed by atoms with E-state index in [1.165, 1.54) is 7.11 Å². The van der Waals surface area contributed by atoms with Gasteiger partial charge in [0.05, 0.1) is 12.7 Å². The van der Waals surface area contributed by atoms with E-state index in [4.69, 9.17) is 22.8 Å². The van der Waals surface area contributed by atoms with Crippen LogP contribution < -0.4 is 10.1 Å². The van der Waals surface area contributed by atoms with E-state index in [0.717, 1.165) is 6.42 Å². The summed E-state index contributed by atoms with van der Waals surface area (Å²) in [5, 5.41) is 3.26. The minimum Gasteiger partial charge on any atom is -0.496 e. The van der Waals surface area contributed by atoms with Crippen molar-refractivity contribution in [3.05, 3.63) is 28.8 Å². The molecule has 0 aromatic heterocycles. The van der Waals surface area contributed by atoms with Crippen molar-refractivity contribution in [2.75, 3.05) is 13.7 Å². The minimum atomic E-state index is -0.207. The monoisotopic (exact) mass is 251 g/mol. The molecular formula is C13H14ClNO2. The maximum absolute atomic E-state index is 11.8. The maximum atomic E-state index is 11.8. The van der Waals surface area contributed by atoms with Crippen molar-refractivity contribution in [3.8, 4) is 18.1 Å². The highest BCUT2D eigenvalue weighted by atomic mass is 35.5. The fourth-order valence-electron chi connectivity index (χ4n) is 1.35. The van der Waals surface area contributed by atoms with Gasteiger partial charge in [-0.05, 0) is 24.6 Å². The van der Waals surface area contributed by atoms with Crippen molar-refractivity contribution in [1.82, 2.24) is 5.32 Å². The summed E-state index contributed by atoms with van der Waals surface area (Å²) in [5.74, 6) is 2.81. The van der Waals surface area contributed by atoms with Gasteiger partial charge in [0.15, 0.2) is 0 Å². The number of hydrogen-bond donors (Lipinski definition) is 1. The van der Waals surface area contributed by atoms with Crippen molar-refractivity contribution in [2.45, 2.75) is 12.8 Å². The standard InChI is InChI=1S/C13H14ClNO2/c1-3-4-5-8-15-13(16)11-9-10(14)6-7-12(11)17-2/h1,6-7,9H,4-5,8H2,2H3,(H,15,16). The lowest BCUT2D eigenvalue weighted by Gasteiger charge is -2.09. The van der Waals surface area contributed by atoms with Crippen LogP contribution in [0.2, 0.25) is 5.02 Å². The molecule has 0 bridgehead atoms. The van der Waals surface area contributed by atoms with E-state index in [0.29, 0.717) is 29.3 Å². The molecule has 0 unspecified atom stereocenters. The lowest BCUT2D eigenvalue weighted by molar-refractivity contribution is 0.0950. The van der Waals surface area contributed by atoms with Crippen LogP contribution in [0.3, 0.4) is 0 Å². The van der Waals surface area contributed by atoms with Gasteiger partial charge in [-0.3, -0.25) is 4.79 Å². The number of rotatable bonds is 5. The summed E-state index contributed by atoms with van der Waals surface area (Å²) >= 11 is 5.84. The first-order chi connectivity index (χ1) is 8.19. The molecule has 90 valence electrons. The molecule has 1 rings (SSSR count). The fraction of sp³-hybridized carbons (Fsp3) is 0.308. The molecule has 0 aliphatic heterocycles. The predicted molar refractivity (Wildman–Crippen MR) is 68.4 cm³/mol. The molecule has 0 fully saturated rings. The molecule has 0 aliphatic rings. The van der Waals surface area contributed by atoms with Crippen molar-refractivity contribution < 1.29 is 9.53 Å². The number of carbonyl (C=O) groups excluding carboxylic acids is 1. The number of hydrogen-bond acceptors (Lipinski definition) is 2. The molecule has 0 saturated heterocycles. The molecule has 0 aliphatic carbocycles. The van der Waals surface area contributed by atoms with E-state index >= 15 is 0 Å². The van der Waals surface area contributed by atoms with Crippen LogP contribution >= 0.6 is 11.6 Å². The van der Waals surface area contributed by atoms with E-state index in [2.05, 4.69) is 11.2 Å². The van der Waals surface area contributed by atoms with Gasteiger partial charge in [0.25, 0.3) is 5.91 Å². The highest BCUT2D eigenvalue weighted by molar-refractivity contribution is 6.31. The third kappa shape index (κ3) is 4.01. The number of unbranched alkanes of at least 4 members (excludes halogenated alkanes) is 1. The zero-order valence-electron chi connectivity index (χ0n) is 9.63. The molecule has 1 aromatic rings. The zero-order chi connectivity index (χ0) is 12.7. The summed E-state index contributed by atoms with van der Waals surface area (Å²) in [6, 6.07) is 4.92. The Morgan fingerprint density at radius 2 is 2.35 bits per heavy atom. The molecule has 4 heteroatoms. The van der Waals surface area contributed by atoms with E-state index in [1.54, 1.807) is 18.2 Å². The Morgan fingerprint density at radius 3 is 3.00 bits per heavy atom. The smallest absolute Gasteiger partial charge is 0.255 e. The quantitative estimate of drug-likeness (QED) is 0.645. The average molecular weight is 252 g/mol. The summed E-state index contributed by atoms with van der Waals surface area (Å²) in [4.78, 5) is 11.8. The van der Waals surface area contributed by atoms with Gasteiger partial charge >= 0.3 is 0 Å². The van der Waals surface area contributed by atoms with Gasteiger partial charge in [-0.15, -0.1) is 12.3 Å². The Balaban J connectivity index is 2.68. The number of ether oxygens (including phenoxy) is 1. The van der Waals surface area contributed by atoms with Gasteiger partial charge in [-0.25, -0.2) is 0 Å². The molecule has 1 amide bonds. The van der Waals surface area contributed by atoms with Gasteiger partial charge in [-0.1, -0.05) is 11.6 Å². The summed E-state index contributed by atoms with van der Waals surface area (Å²) in [6.45, 7) is 0.540. The summed E-state index contributed by atoms with van der Waals surface area (Å²) < 4.78 is 5.10. The SMILES string of the molecule is C#CCCCNC(=O)c1cc(Cl)ccc1OC. The Kier molecular flexibility index (Phi) is 5.38. The highest BCUT2D eigenvalue weighted by Gasteiger charge is 2.11. The lowest BCUT2D eigenvalue weighted by Crippen LogP contribution is -2.24. The van der Waals surface area contributed by atoms with E-state index < -0.39 is 0 Å². The number of methoxy groups -OCH3 is 1. The summed E-state index contributed by atoms with van der Waals surface area (Å²) in [7, 11) is 1.51. The second-order valence-corrected chi connectivity index (χ2v) is 3.84. The molecule has 3 nitrogen and oxygen atoms in total. The first-order valence-electron chi connectivity index (χ1n) is 5.24. The molecule has 1 aromatic carbocycles. The summed E-state index contributed by atoms with van der Waals surface area (Å²) in [6.07, 6.45) is 6.52. The number of terminal acetylenes is 1. The molecular weight excluding hydrogens is 238 g/mol. The van der Waals surface area contributed by atoms with Crippen LogP contribution in [0.1, 0.15) is 23.2 Å². The third-order valence-electron chi connectivity index (χ3n) is 2.19. The summed E-state index contributed by atoms with van der Waals surface area (Å²) in [5.41, 5.74) is 0.431. The maximum Gasteiger partial charge on any atom is 0.255 e. The first kappa shape index (κ1) is 13.4. The van der Waals surface area contributed by atoms with Crippen molar-refractivity contribution in [2.24, 2.45) is 0 Å². The van der Waals surface area contributed by atoms with Crippen molar-refractivity contribution >= 4 is 17.5 Å². The van der Waals surface area contributed by atoms with Gasteiger partial charge in [0, 0.05) is 18.0 Å². The average Bonchev–Trinajstić information content (AvgIpc) is 2.34.